The van der Waals surface area contributed by atoms with Crippen LogP contribution in [0.2, 0.25) is 0 Å². The summed E-state index contributed by atoms with van der Waals surface area (Å²) in [4.78, 5) is 0. The molecular weight excluding hydrogens is 217 g/mol. The highest BCUT2D eigenvalue weighted by Gasteiger charge is 2.12. The van der Waals surface area contributed by atoms with Gasteiger partial charge in [-0.3, -0.25) is 0 Å². The molecule has 2 N–H and O–H groups in total. The second kappa shape index (κ2) is 4.67. The van der Waals surface area contributed by atoms with E-state index in [1.165, 1.54) is 6.07 Å². The lowest BCUT2D eigenvalue weighted by Gasteiger charge is -2.09. The van der Waals surface area contributed by atoms with Crippen molar-refractivity contribution in [2.45, 2.75) is 26.3 Å². The van der Waals surface area contributed by atoms with Gasteiger partial charge in [0.05, 0.1) is 5.69 Å². The van der Waals surface area contributed by atoms with Gasteiger partial charge in [0.15, 0.2) is 0 Å². The van der Waals surface area contributed by atoms with Crippen LogP contribution >= 0.6 is 0 Å². The minimum Gasteiger partial charge on any atom is -0.326 e. The minimum atomic E-state index is -0.300. The molecule has 0 saturated carbocycles. The zero-order valence-corrected chi connectivity index (χ0v) is 10.0. The molecule has 2 aromatic rings. The summed E-state index contributed by atoms with van der Waals surface area (Å²) in [5.74, 6) is 0.0238. The van der Waals surface area contributed by atoms with Gasteiger partial charge >= 0.3 is 0 Å². The van der Waals surface area contributed by atoms with Gasteiger partial charge in [-0.2, -0.15) is 5.10 Å². The van der Waals surface area contributed by atoms with Crippen molar-refractivity contribution >= 4 is 0 Å². The molecule has 17 heavy (non-hydrogen) atoms. The summed E-state index contributed by atoms with van der Waals surface area (Å²) in [5.41, 5.74) is 7.76. The Hall–Kier alpha value is -1.68. The van der Waals surface area contributed by atoms with E-state index in [1.807, 2.05) is 12.1 Å². The molecule has 0 aliphatic carbocycles. The van der Waals surface area contributed by atoms with Crippen molar-refractivity contribution in [3.05, 3.63) is 47.5 Å². The molecule has 0 spiro atoms. The molecule has 4 heteroatoms. The summed E-state index contributed by atoms with van der Waals surface area (Å²) < 4.78 is 15.4. The fourth-order valence-corrected chi connectivity index (χ4v) is 1.75. The second-order valence-electron chi connectivity index (χ2n) is 4.29. The highest BCUT2D eigenvalue weighted by molar-refractivity contribution is 5.41. The molecule has 3 nitrogen and oxygen atoms in total. The fourth-order valence-electron chi connectivity index (χ4n) is 1.75. The van der Waals surface area contributed by atoms with Crippen molar-refractivity contribution < 1.29 is 4.39 Å². The molecule has 1 aromatic heterocycles. The third-order valence-electron chi connectivity index (χ3n) is 2.72. The van der Waals surface area contributed by atoms with Gasteiger partial charge in [-0.15, -0.1) is 0 Å². The fraction of sp³-hybridized carbons (Fsp3) is 0.308. The smallest absolute Gasteiger partial charge is 0.149 e. The largest absolute Gasteiger partial charge is 0.326 e. The summed E-state index contributed by atoms with van der Waals surface area (Å²) in [7, 11) is 0. The van der Waals surface area contributed by atoms with Gasteiger partial charge in [0.25, 0.3) is 0 Å². The highest BCUT2D eigenvalue weighted by atomic mass is 19.1. The molecule has 0 unspecified atom stereocenters. The Morgan fingerprint density at radius 1 is 1.35 bits per heavy atom. The van der Waals surface area contributed by atoms with Gasteiger partial charge in [0.2, 0.25) is 0 Å². The molecule has 90 valence electrons. The number of benzene rings is 1. The molecule has 0 atom stereocenters. The van der Waals surface area contributed by atoms with Gasteiger partial charge < -0.3 is 5.73 Å². The Kier molecular flexibility index (Phi) is 3.24. The number of hydrogen-bond acceptors (Lipinski definition) is 2. The SMILES string of the molecule is CC(C)c1ccn(-c2c(F)cccc2CN)n1. The Balaban J connectivity index is 2.51. The Bertz CT molecular complexity index is 517. The molecule has 0 saturated heterocycles. The summed E-state index contributed by atoms with van der Waals surface area (Å²) in [5, 5.41) is 4.37. The van der Waals surface area contributed by atoms with E-state index in [4.69, 9.17) is 5.73 Å². The second-order valence-corrected chi connectivity index (χ2v) is 4.29. The first kappa shape index (κ1) is 11.8. The highest BCUT2D eigenvalue weighted by Crippen LogP contribution is 2.20. The van der Waals surface area contributed by atoms with Crippen molar-refractivity contribution in [3.8, 4) is 5.69 Å². The summed E-state index contributed by atoms with van der Waals surface area (Å²) in [6, 6.07) is 6.80. The van der Waals surface area contributed by atoms with Crippen LogP contribution in [0.4, 0.5) is 4.39 Å². The predicted molar refractivity (Wildman–Crippen MR) is 65.5 cm³/mol. The lowest BCUT2D eigenvalue weighted by molar-refractivity contribution is 0.604. The predicted octanol–water partition coefficient (Wildman–Crippen LogP) is 2.59. The maximum atomic E-state index is 13.8. The van der Waals surface area contributed by atoms with Gasteiger partial charge in [-0.1, -0.05) is 26.0 Å². The molecule has 0 radical (unpaired) electrons. The average molecular weight is 233 g/mol. The van der Waals surface area contributed by atoms with E-state index in [9.17, 15) is 4.39 Å². The normalized spacial score (nSPS) is 11.1. The number of rotatable bonds is 3. The van der Waals surface area contributed by atoms with E-state index >= 15 is 0 Å². The zero-order chi connectivity index (χ0) is 12.4. The monoisotopic (exact) mass is 233 g/mol. The zero-order valence-electron chi connectivity index (χ0n) is 10.0. The van der Waals surface area contributed by atoms with E-state index in [-0.39, 0.29) is 5.82 Å². The molecule has 1 heterocycles. The van der Waals surface area contributed by atoms with Crippen LogP contribution in [0, 0.1) is 5.82 Å². The third-order valence-corrected chi connectivity index (χ3v) is 2.72. The van der Waals surface area contributed by atoms with Crippen LogP contribution in [0.5, 0.6) is 0 Å². The van der Waals surface area contributed by atoms with Crippen LogP contribution in [-0.4, -0.2) is 9.78 Å². The Morgan fingerprint density at radius 3 is 2.71 bits per heavy atom. The van der Waals surface area contributed by atoms with Crippen LogP contribution in [-0.2, 0) is 6.54 Å². The van der Waals surface area contributed by atoms with Crippen LogP contribution in [0.3, 0.4) is 0 Å². The van der Waals surface area contributed by atoms with E-state index in [0.717, 1.165) is 11.3 Å². The van der Waals surface area contributed by atoms with E-state index in [0.29, 0.717) is 18.2 Å². The Morgan fingerprint density at radius 2 is 2.12 bits per heavy atom. The van der Waals surface area contributed by atoms with E-state index in [1.54, 1.807) is 16.9 Å². The van der Waals surface area contributed by atoms with Crippen molar-refractivity contribution in [2.24, 2.45) is 5.73 Å². The first-order valence-electron chi connectivity index (χ1n) is 5.67. The van der Waals surface area contributed by atoms with Crippen molar-refractivity contribution in [2.75, 3.05) is 0 Å². The van der Waals surface area contributed by atoms with Crippen LogP contribution in [0.15, 0.2) is 30.5 Å². The lowest BCUT2D eigenvalue weighted by atomic mass is 10.1. The number of para-hydroxylation sites is 1. The van der Waals surface area contributed by atoms with Crippen LogP contribution < -0.4 is 5.73 Å². The average Bonchev–Trinajstić information content (AvgIpc) is 2.77. The van der Waals surface area contributed by atoms with Gasteiger partial charge in [-0.25, -0.2) is 9.07 Å². The van der Waals surface area contributed by atoms with Crippen LogP contribution in [0.1, 0.15) is 31.0 Å². The molecule has 0 amide bonds. The van der Waals surface area contributed by atoms with E-state index < -0.39 is 0 Å². The number of nitrogens with two attached hydrogens (primary N) is 1. The molecular formula is C13H16FN3. The first-order chi connectivity index (χ1) is 8.13. The molecule has 0 aliphatic rings. The first-order valence-corrected chi connectivity index (χ1v) is 5.67. The maximum absolute atomic E-state index is 13.8. The lowest BCUT2D eigenvalue weighted by Crippen LogP contribution is -2.08. The summed E-state index contributed by atoms with van der Waals surface area (Å²) in [6.07, 6.45) is 1.77. The quantitative estimate of drug-likeness (QED) is 0.885. The van der Waals surface area contributed by atoms with Crippen LogP contribution in [0.25, 0.3) is 5.69 Å². The molecule has 0 aliphatic heterocycles. The molecule has 0 bridgehead atoms. The van der Waals surface area contributed by atoms with E-state index in [2.05, 4.69) is 18.9 Å². The number of nitrogens with zero attached hydrogens (tertiary/aromatic N) is 2. The van der Waals surface area contributed by atoms with Crippen molar-refractivity contribution in [1.29, 1.82) is 0 Å². The molecule has 1 aromatic carbocycles. The Labute approximate surface area is 100 Å². The standard InChI is InChI=1S/C13H16FN3/c1-9(2)12-6-7-17(16-12)13-10(8-15)4-3-5-11(13)14/h3-7,9H,8,15H2,1-2H3. The number of hydrogen-bond donors (Lipinski definition) is 1. The van der Waals surface area contributed by atoms with Gasteiger partial charge in [0, 0.05) is 12.7 Å². The van der Waals surface area contributed by atoms with Gasteiger partial charge in [-0.05, 0) is 23.6 Å². The summed E-state index contributed by atoms with van der Waals surface area (Å²) >= 11 is 0. The number of halogens is 1. The topological polar surface area (TPSA) is 43.8 Å². The molecule has 0 fully saturated rings. The van der Waals surface area contributed by atoms with Gasteiger partial charge in [0.1, 0.15) is 11.5 Å². The minimum absolute atomic E-state index is 0.296. The maximum Gasteiger partial charge on any atom is 0.149 e. The van der Waals surface area contributed by atoms with Crippen molar-refractivity contribution in [3.63, 3.8) is 0 Å². The summed E-state index contributed by atoms with van der Waals surface area (Å²) in [6.45, 7) is 4.40. The third kappa shape index (κ3) is 2.22. The van der Waals surface area contributed by atoms with Crippen molar-refractivity contribution in [1.82, 2.24) is 9.78 Å². The molecule has 2 rings (SSSR count). The number of aromatic nitrogens is 2.